The van der Waals surface area contributed by atoms with Crippen LogP contribution in [0.3, 0.4) is 0 Å². The molecule has 0 radical (unpaired) electrons. The molecule has 2 aromatic heterocycles. The maximum atomic E-state index is 12.4. The fourth-order valence-corrected chi connectivity index (χ4v) is 4.43. The SMILES string of the molecule is O=C(NCC(c1cccnc1)N1CCN(Cc2ccccc2)CC1)c1cccs1. The number of amides is 1. The molecule has 150 valence electrons. The van der Waals surface area contributed by atoms with Gasteiger partial charge in [-0.2, -0.15) is 0 Å². The van der Waals surface area contributed by atoms with Crippen LogP contribution in [0.15, 0.2) is 72.4 Å². The average molecular weight is 407 g/mol. The Morgan fingerprint density at radius 3 is 2.55 bits per heavy atom. The third-order valence-electron chi connectivity index (χ3n) is 5.37. The first-order valence-corrected chi connectivity index (χ1v) is 10.9. The first-order chi connectivity index (χ1) is 14.3. The molecule has 1 amide bonds. The van der Waals surface area contributed by atoms with Gasteiger partial charge in [-0.15, -0.1) is 11.3 Å². The highest BCUT2D eigenvalue weighted by Gasteiger charge is 2.26. The summed E-state index contributed by atoms with van der Waals surface area (Å²) in [6.45, 7) is 5.56. The molecule has 5 nitrogen and oxygen atoms in total. The Bertz CT molecular complexity index is 878. The quantitative estimate of drug-likeness (QED) is 0.653. The number of piperazine rings is 1. The second-order valence-electron chi connectivity index (χ2n) is 7.29. The molecule has 1 aromatic carbocycles. The maximum absolute atomic E-state index is 12.4. The zero-order valence-electron chi connectivity index (χ0n) is 16.4. The minimum Gasteiger partial charge on any atom is -0.349 e. The number of aromatic nitrogens is 1. The highest BCUT2D eigenvalue weighted by Crippen LogP contribution is 2.22. The Morgan fingerprint density at radius 1 is 1.03 bits per heavy atom. The van der Waals surface area contributed by atoms with Crippen LogP contribution in [0.2, 0.25) is 0 Å². The second-order valence-corrected chi connectivity index (χ2v) is 8.23. The van der Waals surface area contributed by atoms with Crippen LogP contribution in [0.4, 0.5) is 0 Å². The van der Waals surface area contributed by atoms with Crippen molar-refractivity contribution in [1.29, 1.82) is 0 Å². The summed E-state index contributed by atoms with van der Waals surface area (Å²) in [5, 5.41) is 5.05. The average Bonchev–Trinajstić information content (AvgIpc) is 3.31. The molecule has 1 aliphatic rings. The zero-order chi connectivity index (χ0) is 19.9. The van der Waals surface area contributed by atoms with E-state index in [1.54, 1.807) is 6.20 Å². The summed E-state index contributed by atoms with van der Waals surface area (Å²) in [5.74, 6) is -0.00314. The number of hydrogen-bond acceptors (Lipinski definition) is 5. The summed E-state index contributed by atoms with van der Waals surface area (Å²) < 4.78 is 0. The molecule has 1 saturated heterocycles. The summed E-state index contributed by atoms with van der Waals surface area (Å²) >= 11 is 1.47. The minimum absolute atomic E-state index is 0.00314. The van der Waals surface area contributed by atoms with Gasteiger partial charge >= 0.3 is 0 Å². The van der Waals surface area contributed by atoms with Crippen LogP contribution in [0, 0.1) is 0 Å². The van der Waals surface area contributed by atoms with Crippen molar-refractivity contribution in [2.75, 3.05) is 32.7 Å². The molecule has 29 heavy (non-hydrogen) atoms. The Balaban J connectivity index is 1.38. The zero-order valence-corrected chi connectivity index (χ0v) is 17.2. The maximum Gasteiger partial charge on any atom is 0.261 e. The Kier molecular flexibility index (Phi) is 6.67. The third kappa shape index (κ3) is 5.29. The molecule has 0 aliphatic carbocycles. The topological polar surface area (TPSA) is 48.5 Å². The summed E-state index contributed by atoms with van der Waals surface area (Å²) in [7, 11) is 0. The number of benzene rings is 1. The summed E-state index contributed by atoms with van der Waals surface area (Å²) in [5.41, 5.74) is 2.50. The lowest BCUT2D eigenvalue weighted by molar-refractivity contribution is 0.0824. The van der Waals surface area contributed by atoms with Crippen LogP contribution >= 0.6 is 11.3 Å². The van der Waals surface area contributed by atoms with E-state index in [-0.39, 0.29) is 11.9 Å². The highest BCUT2D eigenvalue weighted by atomic mass is 32.1. The van der Waals surface area contributed by atoms with Gasteiger partial charge in [0.1, 0.15) is 0 Å². The van der Waals surface area contributed by atoms with Gasteiger partial charge in [-0.05, 0) is 28.6 Å². The van der Waals surface area contributed by atoms with E-state index in [4.69, 9.17) is 0 Å². The number of rotatable bonds is 7. The summed E-state index contributed by atoms with van der Waals surface area (Å²) in [4.78, 5) is 22.5. The van der Waals surface area contributed by atoms with Crippen molar-refractivity contribution < 1.29 is 4.79 Å². The number of thiophene rings is 1. The lowest BCUT2D eigenvalue weighted by Crippen LogP contribution is -2.49. The molecule has 4 rings (SSSR count). The van der Waals surface area contributed by atoms with Crippen molar-refractivity contribution in [3.8, 4) is 0 Å². The van der Waals surface area contributed by atoms with Crippen LogP contribution in [0.5, 0.6) is 0 Å². The predicted octanol–water partition coefficient (Wildman–Crippen LogP) is 3.43. The van der Waals surface area contributed by atoms with Crippen molar-refractivity contribution in [1.82, 2.24) is 20.1 Å². The van der Waals surface area contributed by atoms with E-state index in [9.17, 15) is 4.79 Å². The van der Waals surface area contributed by atoms with Gasteiger partial charge in [0.05, 0.1) is 10.9 Å². The highest BCUT2D eigenvalue weighted by molar-refractivity contribution is 7.12. The molecular weight excluding hydrogens is 380 g/mol. The first-order valence-electron chi connectivity index (χ1n) is 10.0. The number of pyridine rings is 1. The van der Waals surface area contributed by atoms with Gasteiger partial charge in [0.25, 0.3) is 5.91 Å². The van der Waals surface area contributed by atoms with E-state index in [2.05, 4.69) is 56.5 Å². The fourth-order valence-electron chi connectivity index (χ4n) is 3.79. The molecule has 1 fully saturated rings. The van der Waals surface area contributed by atoms with Crippen LogP contribution in [-0.4, -0.2) is 53.4 Å². The van der Waals surface area contributed by atoms with E-state index in [1.807, 2.05) is 29.8 Å². The lowest BCUT2D eigenvalue weighted by Gasteiger charge is -2.39. The van der Waals surface area contributed by atoms with E-state index >= 15 is 0 Å². The van der Waals surface area contributed by atoms with Gasteiger partial charge in [0.15, 0.2) is 0 Å². The number of nitrogens with one attached hydrogen (secondary N) is 1. The number of nitrogens with zero attached hydrogens (tertiary/aromatic N) is 3. The van der Waals surface area contributed by atoms with Crippen LogP contribution in [0.25, 0.3) is 0 Å². The molecule has 3 aromatic rings. The second kappa shape index (κ2) is 9.78. The molecule has 0 spiro atoms. The van der Waals surface area contributed by atoms with Crippen LogP contribution < -0.4 is 5.32 Å². The first kappa shape index (κ1) is 19.8. The van der Waals surface area contributed by atoms with Crippen molar-refractivity contribution >= 4 is 17.2 Å². The van der Waals surface area contributed by atoms with Gasteiger partial charge in [-0.3, -0.25) is 19.6 Å². The monoisotopic (exact) mass is 406 g/mol. The van der Waals surface area contributed by atoms with Gasteiger partial charge in [-0.1, -0.05) is 42.5 Å². The van der Waals surface area contributed by atoms with E-state index in [1.165, 1.54) is 16.9 Å². The molecule has 1 aliphatic heterocycles. The number of carbonyl (C=O) groups is 1. The van der Waals surface area contributed by atoms with Gasteiger partial charge in [0, 0.05) is 51.7 Å². The van der Waals surface area contributed by atoms with Crippen molar-refractivity contribution in [3.63, 3.8) is 0 Å². The molecule has 0 bridgehead atoms. The van der Waals surface area contributed by atoms with Crippen molar-refractivity contribution in [2.45, 2.75) is 12.6 Å². The molecule has 3 heterocycles. The van der Waals surface area contributed by atoms with Crippen molar-refractivity contribution in [3.05, 3.63) is 88.4 Å². The van der Waals surface area contributed by atoms with Gasteiger partial charge in [-0.25, -0.2) is 0 Å². The number of hydrogen-bond donors (Lipinski definition) is 1. The van der Waals surface area contributed by atoms with E-state index < -0.39 is 0 Å². The molecule has 1 unspecified atom stereocenters. The third-order valence-corrected chi connectivity index (χ3v) is 6.24. The van der Waals surface area contributed by atoms with Gasteiger partial charge in [0.2, 0.25) is 0 Å². The molecule has 0 saturated carbocycles. The minimum atomic E-state index is -0.00314. The van der Waals surface area contributed by atoms with Crippen molar-refractivity contribution in [2.24, 2.45) is 0 Å². The number of carbonyl (C=O) groups excluding carboxylic acids is 1. The van der Waals surface area contributed by atoms with E-state index in [0.717, 1.165) is 43.2 Å². The summed E-state index contributed by atoms with van der Waals surface area (Å²) in [6, 6.07) is 18.6. The summed E-state index contributed by atoms with van der Waals surface area (Å²) in [6.07, 6.45) is 3.71. The normalized spacial score (nSPS) is 16.4. The lowest BCUT2D eigenvalue weighted by atomic mass is 10.1. The Hall–Kier alpha value is -2.54. The Morgan fingerprint density at radius 2 is 1.86 bits per heavy atom. The van der Waals surface area contributed by atoms with Gasteiger partial charge < -0.3 is 5.32 Å². The molecule has 6 heteroatoms. The largest absolute Gasteiger partial charge is 0.349 e. The predicted molar refractivity (Wildman–Crippen MR) is 117 cm³/mol. The van der Waals surface area contributed by atoms with E-state index in [0.29, 0.717) is 6.54 Å². The smallest absolute Gasteiger partial charge is 0.261 e. The van der Waals surface area contributed by atoms with Crippen LogP contribution in [0.1, 0.15) is 26.8 Å². The Labute approximate surface area is 176 Å². The molecule has 1 N–H and O–H groups in total. The molecular formula is C23H26N4OS. The standard InChI is InChI=1S/C23H26N4OS/c28-23(22-9-5-15-29-22)25-17-21(20-8-4-10-24-16-20)27-13-11-26(12-14-27)18-19-6-2-1-3-7-19/h1-10,15-16,21H,11-14,17-18H2,(H,25,28). The fraction of sp³-hybridized carbons (Fsp3) is 0.304. The molecule has 1 atom stereocenters. The van der Waals surface area contributed by atoms with Crippen LogP contribution in [-0.2, 0) is 6.54 Å².